The van der Waals surface area contributed by atoms with E-state index in [1.54, 1.807) is 35.9 Å². The molecule has 0 atom stereocenters. The first-order chi connectivity index (χ1) is 12.8. The lowest BCUT2D eigenvalue weighted by Gasteiger charge is -2.31. The second-order valence-corrected chi connectivity index (χ2v) is 8.56. The Labute approximate surface area is 159 Å². The first kappa shape index (κ1) is 19.4. The predicted molar refractivity (Wildman–Crippen MR) is 102 cm³/mol. The summed E-state index contributed by atoms with van der Waals surface area (Å²) in [5.41, 5.74) is 0.696. The third-order valence-corrected chi connectivity index (χ3v) is 6.79. The lowest BCUT2D eigenvalue weighted by molar-refractivity contribution is 0.134. The monoisotopic (exact) mass is 392 g/mol. The molecule has 3 rings (SSSR count). The van der Waals surface area contributed by atoms with Gasteiger partial charge in [-0.15, -0.1) is 0 Å². The highest BCUT2D eigenvalue weighted by molar-refractivity contribution is 7.89. The van der Waals surface area contributed by atoms with Gasteiger partial charge in [-0.2, -0.15) is 4.31 Å². The molecule has 1 aromatic carbocycles. The Hall–Kier alpha value is -2.32. The van der Waals surface area contributed by atoms with Crippen molar-refractivity contribution >= 4 is 10.0 Å². The number of aromatic nitrogens is 1. The van der Waals surface area contributed by atoms with E-state index < -0.39 is 10.0 Å². The van der Waals surface area contributed by atoms with Gasteiger partial charge in [-0.3, -0.25) is 4.79 Å². The number of aryl methyl sites for hydroxylation is 1. The van der Waals surface area contributed by atoms with Crippen LogP contribution in [0.5, 0.6) is 11.5 Å². The number of piperidine rings is 1. The molecule has 1 aliphatic rings. The van der Waals surface area contributed by atoms with E-state index in [0.29, 0.717) is 37.4 Å². The first-order valence-corrected chi connectivity index (χ1v) is 10.2. The van der Waals surface area contributed by atoms with Crippen LogP contribution >= 0.6 is 0 Å². The van der Waals surface area contributed by atoms with Crippen molar-refractivity contribution in [3.8, 4) is 11.5 Å². The van der Waals surface area contributed by atoms with Crippen LogP contribution in [0.2, 0.25) is 0 Å². The molecule has 2 aromatic rings. The van der Waals surface area contributed by atoms with Crippen LogP contribution in [0.4, 0.5) is 0 Å². The van der Waals surface area contributed by atoms with Crippen LogP contribution in [0.1, 0.15) is 18.5 Å². The second-order valence-electron chi connectivity index (χ2n) is 6.63. The topological polar surface area (TPSA) is 77.8 Å². The molecule has 8 heteroatoms. The summed E-state index contributed by atoms with van der Waals surface area (Å²) in [7, 11) is -0.281. The van der Waals surface area contributed by atoms with E-state index in [-0.39, 0.29) is 16.6 Å². The van der Waals surface area contributed by atoms with Crippen LogP contribution in [-0.2, 0) is 17.1 Å². The lowest BCUT2D eigenvalue weighted by atomic mass is 10.1. The number of hydrogen-bond acceptors (Lipinski definition) is 5. The normalized spacial score (nSPS) is 16.3. The zero-order valence-electron chi connectivity index (χ0n) is 15.7. The third kappa shape index (κ3) is 4.17. The summed E-state index contributed by atoms with van der Waals surface area (Å²) < 4.78 is 39.6. The van der Waals surface area contributed by atoms with E-state index >= 15 is 0 Å². The average molecular weight is 392 g/mol. The third-order valence-electron chi connectivity index (χ3n) is 4.88. The predicted octanol–water partition coefficient (Wildman–Crippen LogP) is 1.93. The number of hydrogen-bond donors (Lipinski definition) is 0. The number of nitrogens with zero attached hydrogens (tertiary/aromatic N) is 2. The van der Waals surface area contributed by atoms with Crippen LogP contribution in [0.3, 0.4) is 0 Å². The second kappa shape index (κ2) is 7.74. The molecule has 27 heavy (non-hydrogen) atoms. The van der Waals surface area contributed by atoms with Gasteiger partial charge >= 0.3 is 0 Å². The Morgan fingerprint density at radius 2 is 1.67 bits per heavy atom. The van der Waals surface area contributed by atoms with E-state index in [1.807, 2.05) is 13.0 Å². The molecular formula is C19H24N2O5S. The van der Waals surface area contributed by atoms with Crippen molar-refractivity contribution in [2.75, 3.05) is 20.2 Å². The van der Waals surface area contributed by atoms with Crippen LogP contribution in [-0.4, -0.2) is 43.6 Å². The number of methoxy groups -OCH3 is 1. The van der Waals surface area contributed by atoms with Gasteiger partial charge in [-0.05, 0) is 50.1 Å². The molecule has 1 aromatic heterocycles. The Morgan fingerprint density at radius 3 is 2.22 bits per heavy atom. The number of rotatable bonds is 5. The van der Waals surface area contributed by atoms with Crippen molar-refractivity contribution in [1.29, 1.82) is 0 Å². The molecule has 1 saturated heterocycles. The first-order valence-electron chi connectivity index (χ1n) is 8.80. The molecule has 2 heterocycles. The fraction of sp³-hybridized carbons (Fsp3) is 0.421. The maximum Gasteiger partial charge on any atom is 0.254 e. The standard InChI is InChI=1S/C19H24N2O5S/c1-14-12-17(13-19(22)20(14)2)26-16-8-10-21(11-9-16)27(23,24)18-6-4-15(25-3)5-7-18/h4-7,12-13,16H,8-11H2,1-3H3. The number of benzene rings is 1. The van der Waals surface area contributed by atoms with E-state index in [0.717, 1.165) is 5.69 Å². The zero-order valence-corrected chi connectivity index (χ0v) is 16.5. The maximum atomic E-state index is 12.8. The summed E-state index contributed by atoms with van der Waals surface area (Å²) in [6.07, 6.45) is 1.03. The number of sulfonamides is 1. The minimum Gasteiger partial charge on any atom is -0.497 e. The maximum absolute atomic E-state index is 12.8. The van der Waals surface area contributed by atoms with Crippen molar-refractivity contribution in [3.05, 3.63) is 52.4 Å². The van der Waals surface area contributed by atoms with Crippen LogP contribution < -0.4 is 15.0 Å². The van der Waals surface area contributed by atoms with E-state index in [9.17, 15) is 13.2 Å². The fourth-order valence-corrected chi connectivity index (χ4v) is 4.55. The van der Waals surface area contributed by atoms with Crippen molar-refractivity contribution in [2.45, 2.75) is 30.8 Å². The molecule has 7 nitrogen and oxygen atoms in total. The summed E-state index contributed by atoms with van der Waals surface area (Å²) in [5, 5.41) is 0. The molecule has 1 fully saturated rings. The molecule has 0 bridgehead atoms. The van der Waals surface area contributed by atoms with Gasteiger partial charge in [-0.1, -0.05) is 0 Å². The molecule has 0 radical (unpaired) electrons. The van der Waals surface area contributed by atoms with Crippen molar-refractivity contribution in [1.82, 2.24) is 8.87 Å². The van der Waals surface area contributed by atoms with Gasteiger partial charge in [0.15, 0.2) is 0 Å². The summed E-state index contributed by atoms with van der Waals surface area (Å²) >= 11 is 0. The Bertz CT molecular complexity index is 959. The van der Waals surface area contributed by atoms with E-state index in [1.165, 1.54) is 17.5 Å². The Morgan fingerprint density at radius 1 is 1.04 bits per heavy atom. The fourth-order valence-electron chi connectivity index (χ4n) is 3.08. The smallest absolute Gasteiger partial charge is 0.254 e. The largest absolute Gasteiger partial charge is 0.497 e. The molecule has 0 spiro atoms. The Kier molecular flexibility index (Phi) is 5.57. The van der Waals surface area contributed by atoms with Gasteiger partial charge in [0.05, 0.1) is 12.0 Å². The summed E-state index contributed by atoms with van der Waals surface area (Å²) in [5.74, 6) is 1.15. The van der Waals surface area contributed by atoms with Gasteiger partial charge in [0.1, 0.15) is 17.6 Å². The van der Waals surface area contributed by atoms with Gasteiger partial charge < -0.3 is 14.0 Å². The van der Waals surface area contributed by atoms with Crippen LogP contribution in [0.25, 0.3) is 0 Å². The molecule has 0 saturated carbocycles. The molecule has 0 unspecified atom stereocenters. The van der Waals surface area contributed by atoms with E-state index in [2.05, 4.69) is 0 Å². The van der Waals surface area contributed by atoms with E-state index in [4.69, 9.17) is 9.47 Å². The van der Waals surface area contributed by atoms with Crippen LogP contribution in [0.15, 0.2) is 46.1 Å². The quantitative estimate of drug-likeness (QED) is 0.777. The SMILES string of the molecule is COc1ccc(S(=O)(=O)N2CCC(Oc3cc(C)n(C)c(=O)c3)CC2)cc1. The van der Waals surface area contributed by atoms with Crippen molar-refractivity contribution in [2.24, 2.45) is 7.05 Å². The van der Waals surface area contributed by atoms with Crippen molar-refractivity contribution < 1.29 is 17.9 Å². The highest BCUT2D eigenvalue weighted by atomic mass is 32.2. The highest BCUT2D eigenvalue weighted by Crippen LogP contribution is 2.24. The summed E-state index contributed by atoms with van der Waals surface area (Å²) in [6, 6.07) is 9.68. The lowest BCUT2D eigenvalue weighted by Crippen LogP contribution is -2.41. The summed E-state index contributed by atoms with van der Waals surface area (Å²) in [4.78, 5) is 12.1. The molecule has 1 aliphatic heterocycles. The number of ether oxygens (including phenoxy) is 2. The molecule has 0 N–H and O–H groups in total. The molecule has 0 amide bonds. The van der Waals surface area contributed by atoms with Crippen molar-refractivity contribution in [3.63, 3.8) is 0 Å². The molecule has 146 valence electrons. The van der Waals surface area contributed by atoms with Gasteiger partial charge in [-0.25, -0.2) is 8.42 Å². The van der Waals surface area contributed by atoms with Gasteiger partial charge in [0.2, 0.25) is 10.0 Å². The number of pyridine rings is 1. The minimum absolute atomic E-state index is 0.112. The molecular weight excluding hydrogens is 368 g/mol. The minimum atomic E-state index is -3.53. The van der Waals surface area contributed by atoms with Crippen LogP contribution in [0, 0.1) is 6.92 Å². The highest BCUT2D eigenvalue weighted by Gasteiger charge is 2.30. The summed E-state index contributed by atoms with van der Waals surface area (Å²) in [6.45, 7) is 2.60. The van der Waals surface area contributed by atoms with Gasteiger partial charge in [0, 0.05) is 31.9 Å². The molecule has 0 aliphatic carbocycles. The Balaban J connectivity index is 1.65. The van der Waals surface area contributed by atoms with Gasteiger partial charge in [0.25, 0.3) is 5.56 Å². The average Bonchev–Trinajstić information content (AvgIpc) is 2.66. The zero-order chi connectivity index (χ0) is 19.6.